The number of nitrogens with one attached hydrogen (secondary N) is 1. The number of aromatic nitrogens is 1. The lowest BCUT2D eigenvalue weighted by atomic mass is 10.1. The molecular formula is C22H29N3O4. The Bertz CT molecular complexity index is 838. The fraction of sp³-hybridized carbons (Fsp3) is 0.409. The van der Waals surface area contributed by atoms with E-state index in [0.29, 0.717) is 47.7 Å². The molecule has 1 aromatic heterocycles. The average molecular weight is 399 g/mol. The molecule has 29 heavy (non-hydrogen) atoms. The predicted octanol–water partition coefficient (Wildman–Crippen LogP) is 4.16. The van der Waals surface area contributed by atoms with E-state index in [2.05, 4.69) is 38.0 Å². The zero-order chi connectivity index (χ0) is 21.6. The van der Waals surface area contributed by atoms with Crippen LogP contribution < -0.4 is 15.0 Å². The minimum atomic E-state index is -1.08. The normalized spacial score (nSPS) is 10.9. The predicted molar refractivity (Wildman–Crippen MR) is 114 cm³/mol. The average Bonchev–Trinajstić information content (AvgIpc) is 2.66. The van der Waals surface area contributed by atoms with Crippen LogP contribution in [0, 0.1) is 11.8 Å². The van der Waals surface area contributed by atoms with Gasteiger partial charge in [-0.3, -0.25) is 4.79 Å². The van der Waals surface area contributed by atoms with E-state index in [1.807, 2.05) is 4.90 Å². The molecule has 7 nitrogen and oxygen atoms in total. The van der Waals surface area contributed by atoms with Crippen molar-refractivity contribution in [3.63, 3.8) is 0 Å². The van der Waals surface area contributed by atoms with Crippen LogP contribution in [0.25, 0.3) is 0 Å². The van der Waals surface area contributed by atoms with Crippen molar-refractivity contribution in [2.45, 2.75) is 27.7 Å². The molecule has 0 radical (unpaired) electrons. The molecule has 2 aromatic rings. The molecule has 7 heteroatoms. The molecule has 0 unspecified atom stereocenters. The van der Waals surface area contributed by atoms with Crippen LogP contribution in [0.15, 0.2) is 36.5 Å². The maximum atomic E-state index is 12.5. The Morgan fingerprint density at radius 3 is 2.17 bits per heavy atom. The van der Waals surface area contributed by atoms with Gasteiger partial charge in [-0.2, -0.15) is 0 Å². The van der Waals surface area contributed by atoms with E-state index in [9.17, 15) is 14.7 Å². The fourth-order valence-electron chi connectivity index (χ4n) is 3.01. The summed E-state index contributed by atoms with van der Waals surface area (Å²) in [4.78, 5) is 30.7. The number of carbonyl (C=O) groups is 2. The van der Waals surface area contributed by atoms with Crippen molar-refractivity contribution < 1.29 is 19.4 Å². The molecule has 0 fully saturated rings. The number of carboxylic acid groups (broad SMARTS) is 1. The second kappa shape index (κ2) is 9.91. The molecule has 0 bridgehead atoms. The number of methoxy groups -OCH3 is 1. The van der Waals surface area contributed by atoms with Crippen LogP contribution in [-0.4, -0.2) is 42.2 Å². The number of carbonyl (C=O) groups excluding carboxylic acids is 1. The van der Waals surface area contributed by atoms with Crippen molar-refractivity contribution in [1.82, 2.24) is 4.98 Å². The first-order valence-electron chi connectivity index (χ1n) is 9.65. The number of ether oxygens (including phenoxy) is 1. The van der Waals surface area contributed by atoms with Crippen LogP contribution in [0.2, 0.25) is 0 Å². The SMILES string of the molecule is COc1ccc(C(=O)Nc2cnc(N(CC(C)C)CC(C)C)c(C(=O)O)c2)cc1. The molecule has 1 amide bonds. The van der Waals surface area contributed by atoms with Crippen LogP contribution in [-0.2, 0) is 0 Å². The number of hydrogen-bond donors (Lipinski definition) is 2. The quantitative estimate of drug-likeness (QED) is 0.658. The molecule has 0 aliphatic carbocycles. The van der Waals surface area contributed by atoms with Crippen molar-refractivity contribution in [1.29, 1.82) is 0 Å². The van der Waals surface area contributed by atoms with Gasteiger partial charge >= 0.3 is 5.97 Å². The fourth-order valence-corrected chi connectivity index (χ4v) is 3.01. The highest BCUT2D eigenvalue weighted by Crippen LogP contribution is 2.24. The Morgan fingerprint density at radius 1 is 1.10 bits per heavy atom. The first kappa shape index (κ1) is 22.2. The number of nitrogens with zero attached hydrogens (tertiary/aromatic N) is 2. The van der Waals surface area contributed by atoms with Crippen molar-refractivity contribution in [3.05, 3.63) is 47.7 Å². The molecule has 156 valence electrons. The summed E-state index contributed by atoms with van der Waals surface area (Å²) < 4.78 is 5.09. The third-order valence-electron chi connectivity index (χ3n) is 4.18. The van der Waals surface area contributed by atoms with Gasteiger partial charge in [-0.25, -0.2) is 9.78 Å². The largest absolute Gasteiger partial charge is 0.497 e. The molecule has 0 aliphatic heterocycles. The molecule has 1 aromatic carbocycles. The van der Waals surface area contributed by atoms with Gasteiger partial charge in [0.15, 0.2) is 0 Å². The second-order valence-corrected chi connectivity index (χ2v) is 7.78. The molecule has 0 aliphatic rings. The molecule has 0 saturated heterocycles. The maximum Gasteiger partial charge on any atom is 0.339 e. The van der Waals surface area contributed by atoms with E-state index < -0.39 is 5.97 Å². The van der Waals surface area contributed by atoms with Gasteiger partial charge in [0.05, 0.1) is 19.0 Å². The van der Waals surface area contributed by atoms with Crippen LogP contribution in [0.3, 0.4) is 0 Å². The van der Waals surface area contributed by atoms with Crippen molar-refractivity contribution in [2.75, 3.05) is 30.4 Å². The number of amides is 1. The van der Waals surface area contributed by atoms with Gasteiger partial charge in [0.25, 0.3) is 5.91 Å². The number of pyridine rings is 1. The summed E-state index contributed by atoms with van der Waals surface area (Å²) in [6.07, 6.45) is 1.50. The first-order valence-corrected chi connectivity index (χ1v) is 9.65. The van der Waals surface area contributed by atoms with E-state index in [0.717, 1.165) is 0 Å². The van der Waals surface area contributed by atoms with Gasteiger partial charge in [0, 0.05) is 18.7 Å². The van der Waals surface area contributed by atoms with Crippen LogP contribution in [0.4, 0.5) is 11.5 Å². The molecule has 0 spiro atoms. The molecule has 0 saturated carbocycles. The summed E-state index contributed by atoms with van der Waals surface area (Å²) in [5, 5.41) is 12.4. The zero-order valence-corrected chi connectivity index (χ0v) is 17.6. The van der Waals surface area contributed by atoms with Crippen LogP contribution in [0.1, 0.15) is 48.4 Å². The number of anilines is 2. The van der Waals surface area contributed by atoms with Crippen molar-refractivity contribution in [2.24, 2.45) is 11.8 Å². The Hall–Kier alpha value is -3.09. The van der Waals surface area contributed by atoms with Gasteiger partial charge < -0.3 is 20.1 Å². The van der Waals surface area contributed by atoms with E-state index in [1.165, 1.54) is 12.3 Å². The van der Waals surface area contributed by atoms with E-state index in [4.69, 9.17) is 4.74 Å². The number of hydrogen-bond acceptors (Lipinski definition) is 5. The summed E-state index contributed by atoms with van der Waals surface area (Å²) in [5.41, 5.74) is 0.841. The van der Waals surface area contributed by atoms with Gasteiger partial charge in [-0.05, 0) is 42.2 Å². The smallest absolute Gasteiger partial charge is 0.339 e. The highest BCUT2D eigenvalue weighted by molar-refractivity contribution is 6.05. The third kappa shape index (κ3) is 6.20. The van der Waals surface area contributed by atoms with Gasteiger partial charge in [-0.1, -0.05) is 27.7 Å². The Morgan fingerprint density at radius 2 is 1.69 bits per heavy atom. The summed E-state index contributed by atoms with van der Waals surface area (Å²) in [6, 6.07) is 8.12. The first-order chi connectivity index (χ1) is 13.7. The van der Waals surface area contributed by atoms with Crippen molar-refractivity contribution >= 4 is 23.4 Å². The summed E-state index contributed by atoms with van der Waals surface area (Å²) >= 11 is 0. The summed E-state index contributed by atoms with van der Waals surface area (Å²) in [7, 11) is 1.55. The lowest BCUT2D eigenvalue weighted by Gasteiger charge is -2.28. The number of carboxylic acids is 1. The lowest BCUT2D eigenvalue weighted by Crippen LogP contribution is -2.33. The Kier molecular flexibility index (Phi) is 7.59. The molecular weight excluding hydrogens is 370 g/mol. The zero-order valence-electron chi connectivity index (χ0n) is 17.6. The monoisotopic (exact) mass is 399 g/mol. The maximum absolute atomic E-state index is 12.5. The Balaban J connectivity index is 2.29. The highest BCUT2D eigenvalue weighted by atomic mass is 16.5. The van der Waals surface area contributed by atoms with Gasteiger partial charge in [0.2, 0.25) is 0 Å². The Labute approximate surface area is 171 Å². The van der Waals surface area contributed by atoms with Gasteiger partial charge in [-0.15, -0.1) is 0 Å². The highest BCUT2D eigenvalue weighted by Gasteiger charge is 2.21. The minimum Gasteiger partial charge on any atom is -0.497 e. The molecule has 2 N–H and O–H groups in total. The van der Waals surface area contributed by atoms with Crippen LogP contribution in [0.5, 0.6) is 5.75 Å². The topological polar surface area (TPSA) is 91.8 Å². The van der Waals surface area contributed by atoms with E-state index in [-0.39, 0.29) is 11.5 Å². The number of aromatic carboxylic acids is 1. The summed E-state index contributed by atoms with van der Waals surface area (Å²) in [6.45, 7) is 9.72. The lowest BCUT2D eigenvalue weighted by molar-refractivity contribution is 0.0696. The van der Waals surface area contributed by atoms with Gasteiger partial charge in [0.1, 0.15) is 17.1 Å². The second-order valence-electron chi connectivity index (χ2n) is 7.78. The van der Waals surface area contributed by atoms with E-state index in [1.54, 1.807) is 31.4 Å². The van der Waals surface area contributed by atoms with Crippen molar-refractivity contribution in [3.8, 4) is 5.75 Å². The molecule has 0 atom stereocenters. The number of rotatable bonds is 9. The summed E-state index contributed by atoms with van der Waals surface area (Å²) in [5.74, 6) is 0.349. The molecule has 2 rings (SSSR count). The minimum absolute atomic E-state index is 0.0684. The molecule has 1 heterocycles. The third-order valence-corrected chi connectivity index (χ3v) is 4.18. The number of benzene rings is 1. The standard InChI is InChI=1S/C22H29N3O4/c1-14(2)12-25(13-15(3)4)20-19(22(27)28)10-17(11-23-20)24-21(26)16-6-8-18(29-5)9-7-16/h6-11,14-15H,12-13H2,1-5H3,(H,24,26)(H,27,28). The van der Waals surface area contributed by atoms with Crippen LogP contribution >= 0.6 is 0 Å². The van der Waals surface area contributed by atoms with E-state index >= 15 is 0 Å².